The number of nitrogens with one attached hydrogen (secondary N) is 3. The van der Waals surface area contributed by atoms with Crippen molar-refractivity contribution in [2.45, 2.75) is 6.92 Å². The van der Waals surface area contributed by atoms with Gasteiger partial charge < -0.3 is 24.8 Å². The first-order valence-corrected chi connectivity index (χ1v) is 10.3. The quantitative estimate of drug-likeness (QED) is 0.545. The molecule has 162 valence electrons. The Morgan fingerprint density at radius 3 is 2.55 bits per heavy atom. The highest BCUT2D eigenvalue weighted by molar-refractivity contribution is 6.12. The predicted octanol–water partition coefficient (Wildman–Crippen LogP) is 1.75. The number of hydrogen-bond donors (Lipinski definition) is 3. The standard InChI is InChI=1S/C23H25FN4O3/c1-15-4-3-5-18-20(15)21(22(25-18)23(30)31-2)26-19(29)14-27-10-12-28(13-11-27)17-8-6-16(24)7-9-17/h3-9,25H,10-14H2,1-2H3,(H,26,29)/p+1. The Balaban J connectivity index is 1.43. The van der Waals surface area contributed by atoms with Crippen molar-refractivity contribution in [1.29, 1.82) is 0 Å². The molecule has 4 rings (SSSR count). The first-order chi connectivity index (χ1) is 15.0. The zero-order valence-electron chi connectivity index (χ0n) is 17.6. The van der Waals surface area contributed by atoms with Crippen molar-refractivity contribution >= 4 is 34.2 Å². The maximum absolute atomic E-state index is 13.1. The summed E-state index contributed by atoms with van der Waals surface area (Å²) in [6.45, 7) is 5.40. The molecule has 3 aromatic rings. The number of fused-ring (bicyclic) bond motifs is 1. The molecule has 31 heavy (non-hydrogen) atoms. The summed E-state index contributed by atoms with van der Waals surface area (Å²) in [6.07, 6.45) is 0. The fourth-order valence-electron chi connectivity index (χ4n) is 4.13. The van der Waals surface area contributed by atoms with Crippen LogP contribution in [0.2, 0.25) is 0 Å². The lowest BCUT2D eigenvalue weighted by atomic mass is 10.1. The Hall–Kier alpha value is -3.39. The SMILES string of the molecule is COC(=O)c1[nH]c2cccc(C)c2c1NC(=O)C[NH+]1CCN(c2ccc(F)cc2)CC1. The third-order valence-corrected chi connectivity index (χ3v) is 5.76. The molecular weight excluding hydrogens is 399 g/mol. The van der Waals surface area contributed by atoms with Crippen molar-refractivity contribution in [2.24, 2.45) is 0 Å². The highest BCUT2D eigenvalue weighted by Crippen LogP contribution is 2.31. The van der Waals surface area contributed by atoms with Crippen molar-refractivity contribution in [3.63, 3.8) is 0 Å². The first-order valence-electron chi connectivity index (χ1n) is 10.3. The summed E-state index contributed by atoms with van der Waals surface area (Å²) >= 11 is 0. The van der Waals surface area contributed by atoms with Gasteiger partial charge in [-0.15, -0.1) is 0 Å². The van der Waals surface area contributed by atoms with E-state index < -0.39 is 5.97 Å². The Bertz CT molecular complexity index is 1100. The van der Waals surface area contributed by atoms with Crippen LogP contribution in [0.25, 0.3) is 10.9 Å². The molecule has 0 unspecified atom stereocenters. The zero-order valence-corrected chi connectivity index (χ0v) is 17.6. The van der Waals surface area contributed by atoms with Gasteiger partial charge in [0.2, 0.25) is 0 Å². The molecule has 1 fully saturated rings. The number of aromatic nitrogens is 1. The lowest BCUT2D eigenvalue weighted by molar-refractivity contribution is -0.892. The van der Waals surface area contributed by atoms with Crippen LogP contribution in [0.15, 0.2) is 42.5 Å². The van der Waals surface area contributed by atoms with Crippen LogP contribution in [0.1, 0.15) is 16.1 Å². The van der Waals surface area contributed by atoms with Crippen molar-refractivity contribution in [3.05, 3.63) is 59.5 Å². The van der Waals surface area contributed by atoms with E-state index in [4.69, 9.17) is 4.74 Å². The highest BCUT2D eigenvalue weighted by atomic mass is 19.1. The molecule has 0 radical (unpaired) electrons. The number of aromatic amines is 1. The summed E-state index contributed by atoms with van der Waals surface area (Å²) in [5.74, 6) is -0.922. The van der Waals surface area contributed by atoms with Crippen LogP contribution < -0.4 is 15.1 Å². The minimum absolute atomic E-state index is 0.153. The van der Waals surface area contributed by atoms with Crippen molar-refractivity contribution in [1.82, 2.24) is 4.98 Å². The number of carbonyl (C=O) groups excluding carboxylic acids is 2. The third kappa shape index (κ3) is 4.39. The summed E-state index contributed by atoms with van der Waals surface area (Å²) in [5.41, 5.74) is 3.43. The van der Waals surface area contributed by atoms with Gasteiger partial charge in [-0.25, -0.2) is 9.18 Å². The molecule has 1 amide bonds. The number of anilines is 2. The van der Waals surface area contributed by atoms with Crippen LogP contribution in [0.4, 0.5) is 15.8 Å². The van der Waals surface area contributed by atoms with Crippen LogP contribution >= 0.6 is 0 Å². The van der Waals surface area contributed by atoms with Gasteiger partial charge in [-0.2, -0.15) is 0 Å². The summed E-state index contributed by atoms with van der Waals surface area (Å²) < 4.78 is 18.0. The smallest absolute Gasteiger partial charge is 0.356 e. The summed E-state index contributed by atoms with van der Waals surface area (Å²) in [7, 11) is 1.32. The second-order valence-corrected chi connectivity index (χ2v) is 7.80. The van der Waals surface area contributed by atoms with Gasteiger partial charge in [0.25, 0.3) is 5.91 Å². The number of methoxy groups -OCH3 is 1. The van der Waals surface area contributed by atoms with Gasteiger partial charge in [0, 0.05) is 16.6 Å². The average molecular weight is 425 g/mol. The molecule has 0 bridgehead atoms. The van der Waals surface area contributed by atoms with Crippen LogP contribution in [-0.4, -0.2) is 56.7 Å². The largest absolute Gasteiger partial charge is 0.464 e. The maximum Gasteiger partial charge on any atom is 0.356 e. The highest BCUT2D eigenvalue weighted by Gasteiger charge is 2.25. The number of esters is 1. The lowest BCUT2D eigenvalue weighted by Gasteiger charge is -2.33. The van der Waals surface area contributed by atoms with Crippen LogP contribution in [-0.2, 0) is 9.53 Å². The lowest BCUT2D eigenvalue weighted by Crippen LogP contribution is -3.15. The van der Waals surface area contributed by atoms with Crippen molar-refractivity contribution in [3.8, 4) is 0 Å². The normalized spacial score (nSPS) is 14.6. The van der Waals surface area contributed by atoms with Gasteiger partial charge in [0.1, 0.15) is 11.5 Å². The van der Waals surface area contributed by atoms with Crippen molar-refractivity contribution in [2.75, 3.05) is 50.1 Å². The Kier molecular flexibility index (Phi) is 5.90. The Morgan fingerprint density at radius 1 is 1.16 bits per heavy atom. The third-order valence-electron chi connectivity index (χ3n) is 5.76. The molecule has 2 aromatic carbocycles. The molecule has 0 spiro atoms. The summed E-state index contributed by atoms with van der Waals surface area (Å²) in [5, 5.41) is 3.75. The van der Waals surface area contributed by atoms with Gasteiger partial charge in [0.15, 0.2) is 6.54 Å². The Labute approximate surface area is 179 Å². The number of hydrogen-bond acceptors (Lipinski definition) is 4. The second-order valence-electron chi connectivity index (χ2n) is 7.80. The predicted molar refractivity (Wildman–Crippen MR) is 117 cm³/mol. The number of piperazine rings is 1. The molecule has 7 nitrogen and oxygen atoms in total. The number of halogens is 1. The van der Waals surface area contributed by atoms with E-state index in [9.17, 15) is 14.0 Å². The molecular formula is C23H26FN4O3+. The number of rotatable bonds is 5. The van der Waals surface area contributed by atoms with Crippen LogP contribution in [0, 0.1) is 12.7 Å². The van der Waals surface area contributed by atoms with Gasteiger partial charge in [-0.1, -0.05) is 12.1 Å². The number of aryl methyl sites for hydroxylation is 1. The molecule has 8 heteroatoms. The molecule has 3 N–H and O–H groups in total. The molecule has 1 aromatic heterocycles. The zero-order chi connectivity index (χ0) is 22.0. The number of benzene rings is 2. The fraction of sp³-hybridized carbons (Fsp3) is 0.304. The Morgan fingerprint density at radius 2 is 1.87 bits per heavy atom. The van der Waals surface area contributed by atoms with Gasteiger partial charge >= 0.3 is 5.97 Å². The summed E-state index contributed by atoms with van der Waals surface area (Å²) in [4.78, 5) is 31.5. The average Bonchev–Trinajstić information content (AvgIpc) is 3.14. The molecule has 0 saturated carbocycles. The number of H-pyrrole nitrogens is 1. The maximum atomic E-state index is 13.1. The molecule has 2 heterocycles. The number of ether oxygens (including phenoxy) is 1. The minimum Gasteiger partial charge on any atom is -0.464 e. The van der Waals surface area contributed by atoms with Crippen molar-refractivity contribution < 1.29 is 23.6 Å². The second kappa shape index (κ2) is 8.77. The number of nitrogens with zero attached hydrogens (tertiary/aromatic N) is 1. The van der Waals surface area contributed by atoms with E-state index in [1.807, 2.05) is 25.1 Å². The fourth-order valence-corrected chi connectivity index (χ4v) is 4.13. The summed E-state index contributed by atoms with van der Waals surface area (Å²) in [6, 6.07) is 12.2. The molecule has 1 aliphatic heterocycles. The van der Waals surface area contributed by atoms with E-state index >= 15 is 0 Å². The number of amides is 1. The minimum atomic E-state index is -0.522. The van der Waals surface area contributed by atoms with Crippen LogP contribution in [0.5, 0.6) is 0 Å². The number of quaternary nitrogens is 1. The molecule has 0 atom stereocenters. The number of carbonyl (C=O) groups is 2. The molecule has 1 saturated heterocycles. The van der Waals surface area contributed by atoms with Crippen LogP contribution in [0.3, 0.4) is 0 Å². The molecule has 1 aliphatic rings. The van der Waals surface area contributed by atoms with E-state index in [0.717, 1.165) is 53.2 Å². The van der Waals surface area contributed by atoms with Gasteiger partial charge in [0.05, 0.1) is 39.0 Å². The topological polar surface area (TPSA) is 78.9 Å². The molecule has 0 aliphatic carbocycles. The van der Waals surface area contributed by atoms with E-state index in [1.54, 1.807) is 12.1 Å². The first kappa shape index (κ1) is 20.9. The van der Waals surface area contributed by atoms with Gasteiger partial charge in [-0.05, 0) is 42.8 Å². The van der Waals surface area contributed by atoms with E-state index in [2.05, 4.69) is 15.2 Å². The van der Waals surface area contributed by atoms with E-state index in [1.165, 1.54) is 19.2 Å². The van der Waals surface area contributed by atoms with Gasteiger partial charge in [-0.3, -0.25) is 4.79 Å². The van der Waals surface area contributed by atoms with E-state index in [0.29, 0.717) is 12.2 Å². The monoisotopic (exact) mass is 425 g/mol. The van der Waals surface area contributed by atoms with E-state index in [-0.39, 0.29) is 17.4 Å².